The molecule has 84 valence electrons. The van der Waals surface area contributed by atoms with Crippen molar-refractivity contribution in [3.8, 4) is 11.5 Å². The van der Waals surface area contributed by atoms with E-state index in [1.54, 1.807) is 6.26 Å². The Balaban J connectivity index is 2.31. The number of aliphatic hydroxyl groups excluding tert-OH is 1. The normalized spacial score (nSPS) is 10.6. The molecule has 16 heavy (non-hydrogen) atoms. The Morgan fingerprint density at radius 1 is 1.44 bits per heavy atom. The summed E-state index contributed by atoms with van der Waals surface area (Å²) in [6.07, 6.45) is 2.06. The monoisotopic (exact) mass is 218 g/mol. The summed E-state index contributed by atoms with van der Waals surface area (Å²) in [6.45, 7) is 2.02. The fourth-order valence-corrected chi connectivity index (χ4v) is 1.44. The average molecular weight is 218 g/mol. The van der Waals surface area contributed by atoms with E-state index >= 15 is 0 Å². The highest BCUT2D eigenvalue weighted by atomic mass is 16.3. The molecule has 3 N–H and O–H groups in total. The van der Waals surface area contributed by atoms with Crippen molar-refractivity contribution in [1.29, 1.82) is 0 Å². The summed E-state index contributed by atoms with van der Waals surface area (Å²) in [5.74, 6) is 0.537. The first-order chi connectivity index (χ1) is 7.70. The molecule has 0 aliphatic carbocycles. The molecule has 0 aliphatic heterocycles. The first kappa shape index (κ1) is 10.7. The second kappa shape index (κ2) is 4.37. The minimum atomic E-state index is 0.0714. The van der Waals surface area contributed by atoms with Crippen LogP contribution in [0.25, 0.3) is 11.5 Å². The molecule has 0 bridgehead atoms. The predicted molar refractivity (Wildman–Crippen MR) is 61.9 cm³/mol. The van der Waals surface area contributed by atoms with Gasteiger partial charge in [-0.25, -0.2) is 4.98 Å². The number of hydrogen-bond donors (Lipinski definition) is 2. The maximum atomic E-state index is 8.78. The number of aliphatic hydroxyl groups is 1. The third-order valence-corrected chi connectivity index (χ3v) is 2.45. The van der Waals surface area contributed by atoms with Crippen LogP contribution in [0.4, 0.5) is 5.69 Å². The van der Waals surface area contributed by atoms with Gasteiger partial charge in [0.2, 0.25) is 5.89 Å². The molecule has 0 saturated heterocycles. The van der Waals surface area contributed by atoms with Crippen LogP contribution in [-0.4, -0.2) is 16.7 Å². The molecule has 4 nitrogen and oxygen atoms in total. The van der Waals surface area contributed by atoms with Gasteiger partial charge in [-0.05, 0) is 24.6 Å². The molecule has 0 atom stereocenters. The van der Waals surface area contributed by atoms with Gasteiger partial charge in [-0.2, -0.15) is 0 Å². The molecule has 1 aromatic carbocycles. The highest BCUT2D eigenvalue weighted by Gasteiger charge is 2.07. The van der Waals surface area contributed by atoms with Crippen LogP contribution >= 0.6 is 0 Å². The molecule has 0 spiro atoms. The Morgan fingerprint density at radius 2 is 2.25 bits per heavy atom. The van der Waals surface area contributed by atoms with Gasteiger partial charge in [0.15, 0.2) is 0 Å². The van der Waals surface area contributed by atoms with Crippen LogP contribution in [0.15, 0.2) is 28.9 Å². The quantitative estimate of drug-likeness (QED) is 0.770. The maximum Gasteiger partial charge on any atom is 0.226 e. The number of nitrogen functional groups attached to an aromatic ring is 1. The average Bonchev–Trinajstić information content (AvgIpc) is 2.71. The van der Waals surface area contributed by atoms with Gasteiger partial charge in [0, 0.05) is 24.3 Å². The molecule has 2 aromatic rings. The molecular formula is C12H14N2O2. The summed E-state index contributed by atoms with van der Waals surface area (Å²) < 4.78 is 5.32. The van der Waals surface area contributed by atoms with Crippen molar-refractivity contribution in [2.45, 2.75) is 13.3 Å². The van der Waals surface area contributed by atoms with Gasteiger partial charge in [-0.15, -0.1) is 0 Å². The number of nitrogens with two attached hydrogens (primary N) is 1. The fourth-order valence-electron chi connectivity index (χ4n) is 1.44. The number of nitrogens with zero attached hydrogens (tertiary/aromatic N) is 1. The van der Waals surface area contributed by atoms with E-state index in [-0.39, 0.29) is 6.61 Å². The van der Waals surface area contributed by atoms with Crippen LogP contribution in [0.3, 0.4) is 0 Å². The third-order valence-electron chi connectivity index (χ3n) is 2.45. The Bertz CT molecular complexity index is 492. The van der Waals surface area contributed by atoms with E-state index in [1.807, 2.05) is 25.1 Å². The third kappa shape index (κ3) is 2.06. The van der Waals surface area contributed by atoms with Crippen LogP contribution in [0.5, 0.6) is 0 Å². The van der Waals surface area contributed by atoms with Gasteiger partial charge in [0.05, 0.1) is 5.69 Å². The number of aromatic nitrogens is 1. The maximum absolute atomic E-state index is 8.78. The van der Waals surface area contributed by atoms with Crippen molar-refractivity contribution < 1.29 is 9.52 Å². The van der Waals surface area contributed by atoms with Crippen LogP contribution in [0.1, 0.15) is 11.3 Å². The fraction of sp³-hybridized carbons (Fsp3) is 0.250. The molecule has 4 heteroatoms. The van der Waals surface area contributed by atoms with Gasteiger partial charge in [0.25, 0.3) is 0 Å². The van der Waals surface area contributed by atoms with Crippen molar-refractivity contribution in [3.05, 3.63) is 35.7 Å². The zero-order chi connectivity index (χ0) is 11.5. The first-order valence-corrected chi connectivity index (χ1v) is 5.12. The molecule has 0 saturated carbocycles. The van der Waals surface area contributed by atoms with E-state index in [2.05, 4.69) is 4.98 Å². The van der Waals surface area contributed by atoms with Crippen molar-refractivity contribution in [2.24, 2.45) is 0 Å². The summed E-state index contributed by atoms with van der Waals surface area (Å²) in [4.78, 5) is 4.26. The molecule has 1 aromatic heterocycles. The van der Waals surface area contributed by atoms with E-state index in [1.165, 1.54) is 0 Å². The second-order valence-corrected chi connectivity index (χ2v) is 3.69. The number of benzene rings is 1. The van der Waals surface area contributed by atoms with Crippen LogP contribution in [0, 0.1) is 6.92 Å². The van der Waals surface area contributed by atoms with Crippen molar-refractivity contribution in [3.63, 3.8) is 0 Å². The van der Waals surface area contributed by atoms with Gasteiger partial charge in [-0.3, -0.25) is 0 Å². The minimum Gasteiger partial charge on any atom is -0.444 e. The smallest absolute Gasteiger partial charge is 0.226 e. The number of aryl methyl sites for hydroxylation is 1. The van der Waals surface area contributed by atoms with Gasteiger partial charge in [0.1, 0.15) is 6.26 Å². The van der Waals surface area contributed by atoms with Crippen molar-refractivity contribution >= 4 is 5.69 Å². The summed E-state index contributed by atoms with van der Waals surface area (Å²) >= 11 is 0. The molecule has 0 radical (unpaired) electrons. The Labute approximate surface area is 93.7 Å². The van der Waals surface area contributed by atoms with E-state index in [4.69, 9.17) is 15.3 Å². The zero-order valence-electron chi connectivity index (χ0n) is 9.10. The van der Waals surface area contributed by atoms with E-state index in [0.717, 1.165) is 22.5 Å². The molecule has 0 fully saturated rings. The lowest BCUT2D eigenvalue weighted by molar-refractivity contribution is 0.298. The predicted octanol–water partition coefficient (Wildman–Crippen LogP) is 1.77. The number of rotatable bonds is 3. The SMILES string of the molecule is Cc1ccc(-c2nc(CCO)co2)cc1N. The summed E-state index contributed by atoms with van der Waals surface area (Å²) in [6, 6.07) is 5.69. The second-order valence-electron chi connectivity index (χ2n) is 3.69. The van der Waals surface area contributed by atoms with E-state index in [9.17, 15) is 0 Å². The van der Waals surface area contributed by atoms with Crippen LogP contribution in [-0.2, 0) is 6.42 Å². The lowest BCUT2D eigenvalue weighted by Crippen LogP contribution is -1.92. The Hall–Kier alpha value is -1.81. The minimum absolute atomic E-state index is 0.0714. The van der Waals surface area contributed by atoms with Gasteiger partial charge >= 0.3 is 0 Å². The van der Waals surface area contributed by atoms with E-state index in [0.29, 0.717) is 12.3 Å². The highest BCUT2D eigenvalue weighted by Crippen LogP contribution is 2.23. The largest absolute Gasteiger partial charge is 0.444 e. The number of oxazole rings is 1. The van der Waals surface area contributed by atoms with Crippen molar-refractivity contribution in [2.75, 3.05) is 12.3 Å². The lowest BCUT2D eigenvalue weighted by atomic mass is 10.1. The lowest BCUT2D eigenvalue weighted by Gasteiger charge is -2.01. The molecule has 2 rings (SSSR count). The summed E-state index contributed by atoms with van der Waals surface area (Å²) in [5.41, 5.74) is 9.17. The highest BCUT2D eigenvalue weighted by molar-refractivity contribution is 5.62. The zero-order valence-corrected chi connectivity index (χ0v) is 9.10. The molecule has 0 aliphatic rings. The summed E-state index contributed by atoms with van der Waals surface area (Å²) in [7, 11) is 0. The molecule has 0 unspecified atom stereocenters. The van der Waals surface area contributed by atoms with Crippen LogP contribution in [0.2, 0.25) is 0 Å². The van der Waals surface area contributed by atoms with E-state index < -0.39 is 0 Å². The molecule has 1 heterocycles. The number of hydrogen-bond acceptors (Lipinski definition) is 4. The topological polar surface area (TPSA) is 72.3 Å². The summed E-state index contributed by atoms with van der Waals surface area (Å²) in [5, 5.41) is 8.78. The molecule has 0 amide bonds. The van der Waals surface area contributed by atoms with Gasteiger partial charge < -0.3 is 15.3 Å². The molecular weight excluding hydrogens is 204 g/mol. The Kier molecular flexibility index (Phi) is 2.92. The first-order valence-electron chi connectivity index (χ1n) is 5.12. The Morgan fingerprint density at radius 3 is 2.94 bits per heavy atom. The standard InChI is InChI=1S/C12H14N2O2/c1-8-2-3-9(6-11(8)13)12-14-10(4-5-15)7-16-12/h2-3,6-7,15H,4-5,13H2,1H3. The van der Waals surface area contributed by atoms with Gasteiger partial charge in [-0.1, -0.05) is 6.07 Å². The van der Waals surface area contributed by atoms with Crippen molar-refractivity contribution in [1.82, 2.24) is 4.98 Å². The van der Waals surface area contributed by atoms with Crippen LogP contribution < -0.4 is 5.73 Å². The number of anilines is 1.